The Bertz CT molecular complexity index is 578. The Kier molecular flexibility index (Phi) is 3.28. The third kappa shape index (κ3) is 2.75. The summed E-state index contributed by atoms with van der Waals surface area (Å²) in [7, 11) is 0. The molecule has 2 aromatic rings. The minimum atomic E-state index is -4.65. The number of halogens is 4. The van der Waals surface area contributed by atoms with Crippen molar-refractivity contribution in [3.8, 4) is 11.6 Å². The van der Waals surface area contributed by atoms with Crippen LogP contribution in [0, 0.1) is 5.82 Å². The summed E-state index contributed by atoms with van der Waals surface area (Å²) in [5.74, 6) is -2.09. The Labute approximate surface area is 105 Å². The van der Waals surface area contributed by atoms with Crippen molar-refractivity contribution >= 4 is 5.69 Å². The maximum atomic E-state index is 13.5. The first kappa shape index (κ1) is 13.1. The summed E-state index contributed by atoms with van der Waals surface area (Å²) in [5, 5.41) is 0. The maximum absolute atomic E-state index is 13.5. The number of para-hydroxylation sites is 1. The van der Waals surface area contributed by atoms with Crippen molar-refractivity contribution in [1.82, 2.24) is 4.98 Å². The Balaban J connectivity index is 2.45. The number of ether oxygens (including phenoxy) is 1. The third-order valence-corrected chi connectivity index (χ3v) is 2.27. The van der Waals surface area contributed by atoms with Crippen LogP contribution in [-0.4, -0.2) is 4.98 Å². The van der Waals surface area contributed by atoms with E-state index in [2.05, 4.69) is 4.98 Å². The number of nitrogen functional groups attached to an aromatic ring is 1. The van der Waals surface area contributed by atoms with Gasteiger partial charge < -0.3 is 10.5 Å². The molecule has 0 fully saturated rings. The normalized spacial score (nSPS) is 11.4. The van der Waals surface area contributed by atoms with E-state index in [-0.39, 0.29) is 5.69 Å². The lowest BCUT2D eigenvalue weighted by Crippen LogP contribution is -2.08. The molecule has 1 heterocycles. The van der Waals surface area contributed by atoms with Gasteiger partial charge in [0.1, 0.15) is 5.56 Å². The van der Waals surface area contributed by atoms with E-state index in [1.54, 1.807) is 0 Å². The highest BCUT2D eigenvalue weighted by atomic mass is 19.4. The van der Waals surface area contributed by atoms with Gasteiger partial charge in [-0.05, 0) is 24.3 Å². The van der Waals surface area contributed by atoms with Gasteiger partial charge in [-0.2, -0.15) is 13.2 Å². The fourth-order valence-electron chi connectivity index (χ4n) is 1.42. The van der Waals surface area contributed by atoms with E-state index in [9.17, 15) is 17.6 Å². The highest BCUT2D eigenvalue weighted by Crippen LogP contribution is 2.38. The molecule has 1 aromatic heterocycles. The van der Waals surface area contributed by atoms with Crippen LogP contribution in [0.4, 0.5) is 23.2 Å². The van der Waals surface area contributed by atoms with Crippen molar-refractivity contribution in [3.05, 3.63) is 47.9 Å². The van der Waals surface area contributed by atoms with Crippen molar-refractivity contribution in [2.45, 2.75) is 6.18 Å². The molecule has 0 saturated heterocycles. The van der Waals surface area contributed by atoms with Gasteiger partial charge in [0, 0.05) is 6.20 Å². The van der Waals surface area contributed by atoms with Crippen LogP contribution in [0.5, 0.6) is 11.6 Å². The number of nitrogens with zero attached hydrogens (tertiary/aromatic N) is 1. The Morgan fingerprint density at radius 3 is 2.47 bits per heavy atom. The Morgan fingerprint density at radius 2 is 1.84 bits per heavy atom. The minimum absolute atomic E-state index is 0.112. The number of nitrogens with two attached hydrogens (primary N) is 1. The van der Waals surface area contributed by atoms with Crippen LogP contribution in [0.3, 0.4) is 0 Å². The molecule has 1 aromatic carbocycles. The van der Waals surface area contributed by atoms with E-state index in [4.69, 9.17) is 10.5 Å². The zero-order valence-electron chi connectivity index (χ0n) is 9.41. The molecular weight excluding hydrogens is 264 g/mol. The van der Waals surface area contributed by atoms with Gasteiger partial charge in [-0.1, -0.05) is 6.07 Å². The Morgan fingerprint density at radius 1 is 1.11 bits per heavy atom. The summed E-state index contributed by atoms with van der Waals surface area (Å²) in [6.45, 7) is 0. The highest BCUT2D eigenvalue weighted by molar-refractivity contribution is 5.54. The predicted molar refractivity (Wildman–Crippen MR) is 60.1 cm³/mol. The molecular formula is C12H8F4N2O. The molecule has 0 aliphatic rings. The van der Waals surface area contributed by atoms with E-state index >= 15 is 0 Å². The topological polar surface area (TPSA) is 48.1 Å². The molecule has 0 amide bonds. The van der Waals surface area contributed by atoms with E-state index in [1.165, 1.54) is 12.1 Å². The number of rotatable bonds is 2. The summed E-state index contributed by atoms with van der Waals surface area (Å²) >= 11 is 0. The van der Waals surface area contributed by atoms with Crippen LogP contribution in [0.1, 0.15) is 5.56 Å². The van der Waals surface area contributed by atoms with E-state index in [0.29, 0.717) is 0 Å². The SMILES string of the molecule is Nc1cccc(F)c1Oc1ncccc1C(F)(F)F. The number of hydrogen-bond donors (Lipinski definition) is 1. The van der Waals surface area contributed by atoms with Gasteiger partial charge in [-0.25, -0.2) is 9.37 Å². The average Bonchev–Trinajstić information content (AvgIpc) is 2.33. The molecule has 0 bridgehead atoms. The molecule has 0 saturated carbocycles. The van der Waals surface area contributed by atoms with Crippen LogP contribution < -0.4 is 10.5 Å². The molecule has 0 aliphatic carbocycles. The quantitative estimate of drug-likeness (QED) is 0.671. The zero-order valence-corrected chi connectivity index (χ0v) is 9.41. The van der Waals surface area contributed by atoms with Crippen LogP contribution in [-0.2, 0) is 6.18 Å². The van der Waals surface area contributed by atoms with Crippen molar-refractivity contribution in [2.75, 3.05) is 5.73 Å². The summed E-state index contributed by atoms with van der Waals surface area (Å²) in [6.07, 6.45) is -3.54. The minimum Gasteiger partial charge on any atom is -0.433 e. The first-order valence-corrected chi connectivity index (χ1v) is 5.13. The van der Waals surface area contributed by atoms with E-state index in [0.717, 1.165) is 24.4 Å². The molecule has 3 nitrogen and oxygen atoms in total. The van der Waals surface area contributed by atoms with Crippen molar-refractivity contribution in [1.29, 1.82) is 0 Å². The second kappa shape index (κ2) is 4.75. The van der Waals surface area contributed by atoms with Crippen molar-refractivity contribution in [2.24, 2.45) is 0 Å². The molecule has 2 N–H and O–H groups in total. The molecule has 19 heavy (non-hydrogen) atoms. The number of anilines is 1. The van der Waals surface area contributed by atoms with Gasteiger partial charge in [0.25, 0.3) is 0 Å². The van der Waals surface area contributed by atoms with E-state index in [1.807, 2.05) is 0 Å². The lowest BCUT2D eigenvalue weighted by Gasteiger charge is -2.13. The average molecular weight is 272 g/mol. The Hall–Kier alpha value is -2.31. The lowest BCUT2D eigenvalue weighted by atomic mass is 10.2. The zero-order chi connectivity index (χ0) is 14.0. The number of aromatic nitrogens is 1. The number of benzene rings is 1. The predicted octanol–water partition coefficient (Wildman–Crippen LogP) is 3.61. The number of pyridine rings is 1. The largest absolute Gasteiger partial charge is 0.433 e. The fourth-order valence-corrected chi connectivity index (χ4v) is 1.42. The first-order chi connectivity index (χ1) is 8.89. The second-order valence-corrected chi connectivity index (χ2v) is 3.61. The van der Waals surface area contributed by atoms with Gasteiger partial charge in [-0.15, -0.1) is 0 Å². The first-order valence-electron chi connectivity index (χ1n) is 5.13. The number of hydrogen-bond acceptors (Lipinski definition) is 3. The third-order valence-electron chi connectivity index (χ3n) is 2.27. The van der Waals surface area contributed by atoms with E-state index < -0.39 is 29.2 Å². The summed E-state index contributed by atoms with van der Waals surface area (Å²) < 4.78 is 56.4. The second-order valence-electron chi connectivity index (χ2n) is 3.61. The fraction of sp³-hybridized carbons (Fsp3) is 0.0833. The molecule has 7 heteroatoms. The van der Waals surface area contributed by atoms with Crippen LogP contribution >= 0.6 is 0 Å². The maximum Gasteiger partial charge on any atom is 0.421 e. The van der Waals surface area contributed by atoms with Crippen molar-refractivity contribution < 1.29 is 22.3 Å². The van der Waals surface area contributed by atoms with Crippen LogP contribution in [0.2, 0.25) is 0 Å². The highest BCUT2D eigenvalue weighted by Gasteiger charge is 2.35. The van der Waals surface area contributed by atoms with Crippen molar-refractivity contribution in [3.63, 3.8) is 0 Å². The molecule has 0 unspecified atom stereocenters. The molecule has 0 atom stereocenters. The molecule has 0 aliphatic heterocycles. The van der Waals surface area contributed by atoms with Gasteiger partial charge in [0.2, 0.25) is 5.88 Å². The molecule has 0 spiro atoms. The molecule has 100 valence electrons. The van der Waals surface area contributed by atoms with Crippen LogP contribution in [0.15, 0.2) is 36.5 Å². The van der Waals surface area contributed by atoms with Gasteiger partial charge in [0.15, 0.2) is 11.6 Å². The van der Waals surface area contributed by atoms with Gasteiger partial charge in [0.05, 0.1) is 5.69 Å². The van der Waals surface area contributed by atoms with Crippen LogP contribution in [0.25, 0.3) is 0 Å². The standard InChI is InChI=1S/C12H8F4N2O/c13-8-4-1-5-9(17)10(8)19-11-7(12(14,15)16)3-2-6-18-11/h1-6H,17H2. The summed E-state index contributed by atoms with van der Waals surface area (Å²) in [4.78, 5) is 3.46. The smallest absolute Gasteiger partial charge is 0.421 e. The van der Waals surface area contributed by atoms with Gasteiger partial charge >= 0.3 is 6.18 Å². The number of alkyl halides is 3. The summed E-state index contributed by atoms with van der Waals surface area (Å²) in [5.41, 5.74) is 4.24. The lowest BCUT2D eigenvalue weighted by molar-refractivity contribution is -0.138. The molecule has 0 radical (unpaired) electrons. The monoisotopic (exact) mass is 272 g/mol. The summed E-state index contributed by atoms with van der Waals surface area (Å²) in [6, 6.07) is 5.57. The molecule has 2 rings (SSSR count). The van der Waals surface area contributed by atoms with Gasteiger partial charge in [-0.3, -0.25) is 0 Å².